The standard InChI is InChI=1S/C15H23FN2/c1-17-12-15-8-4-10-18(15)9-3-6-13-5-2-7-14(16)11-13/h2,5,7,11,15,17H,3-4,6,8-10,12H2,1H3. The second kappa shape index (κ2) is 6.86. The molecule has 0 radical (unpaired) electrons. The highest BCUT2D eigenvalue weighted by Gasteiger charge is 2.22. The summed E-state index contributed by atoms with van der Waals surface area (Å²) in [5.41, 5.74) is 1.11. The third-order valence-electron chi connectivity index (χ3n) is 3.74. The largest absolute Gasteiger partial charge is 0.318 e. The SMILES string of the molecule is CNCC1CCCN1CCCc1cccc(F)c1. The van der Waals surface area contributed by atoms with Crippen LogP contribution < -0.4 is 5.32 Å². The summed E-state index contributed by atoms with van der Waals surface area (Å²) in [6.45, 7) is 3.43. The summed E-state index contributed by atoms with van der Waals surface area (Å²) in [7, 11) is 2.02. The molecule has 1 unspecified atom stereocenters. The monoisotopic (exact) mass is 250 g/mol. The highest BCUT2D eigenvalue weighted by atomic mass is 19.1. The molecule has 1 heterocycles. The van der Waals surface area contributed by atoms with Crippen molar-refractivity contribution in [2.75, 3.05) is 26.7 Å². The quantitative estimate of drug-likeness (QED) is 0.834. The smallest absolute Gasteiger partial charge is 0.123 e. The van der Waals surface area contributed by atoms with Gasteiger partial charge in [0.1, 0.15) is 5.82 Å². The summed E-state index contributed by atoms with van der Waals surface area (Å²) >= 11 is 0. The predicted octanol–water partition coefficient (Wildman–Crippen LogP) is 2.44. The molecule has 0 aliphatic carbocycles. The molecule has 0 aromatic heterocycles. The predicted molar refractivity (Wildman–Crippen MR) is 73.2 cm³/mol. The Hall–Kier alpha value is -0.930. The number of nitrogens with zero attached hydrogens (tertiary/aromatic N) is 1. The first kappa shape index (κ1) is 13.5. The molecule has 18 heavy (non-hydrogen) atoms. The zero-order valence-corrected chi connectivity index (χ0v) is 11.2. The van der Waals surface area contributed by atoms with Crippen LogP contribution in [0.2, 0.25) is 0 Å². The van der Waals surface area contributed by atoms with Crippen molar-refractivity contribution in [2.24, 2.45) is 0 Å². The first-order valence-electron chi connectivity index (χ1n) is 6.92. The minimum Gasteiger partial charge on any atom is -0.318 e. The molecule has 1 saturated heterocycles. The lowest BCUT2D eigenvalue weighted by atomic mass is 10.1. The number of hydrogen-bond acceptors (Lipinski definition) is 2. The van der Waals surface area contributed by atoms with Crippen LogP contribution in [0.5, 0.6) is 0 Å². The zero-order valence-electron chi connectivity index (χ0n) is 11.2. The Morgan fingerprint density at radius 1 is 1.44 bits per heavy atom. The molecule has 1 N–H and O–H groups in total. The third-order valence-corrected chi connectivity index (χ3v) is 3.74. The van der Waals surface area contributed by atoms with Crippen LogP contribution in [-0.4, -0.2) is 37.6 Å². The molecule has 2 rings (SSSR count). The van der Waals surface area contributed by atoms with Crippen molar-refractivity contribution in [1.29, 1.82) is 0 Å². The summed E-state index contributed by atoms with van der Waals surface area (Å²) in [6.07, 6.45) is 4.71. The van der Waals surface area contributed by atoms with Gasteiger partial charge < -0.3 is 5.32 Å². The number of rotatable bonds is 6. The van der Waals surface area contributed by atoms with E-state index >= 15 is 0 Å². The third kappa shape index (κ3) is 3.79. The second-order valence-corrected chi connectivity index (χ2v) is 5.12. The Bertz CT molecular complexity index is 367. The van der Waals surface area contributed by atoms with Gasteiger partial charge in [-0.2, -0.15) is 0 Å². The fourth-order valence-electron chi connectivity index (χ4n) is 2.84. The summed E-state index contributed by atoms with van der Waals surface area (Å²) in [5, 5.41) is 3.26. The molecule has 3 heteroatoms. The van der Waals surface area contributed by atoms with Crippen molar-refractivity contribution in [2.45, 2.75) is 31.7 Å². The molecule has 1 aliphatic rings. The number of aryl methyl sites for hydroxylation is 1. The maximum Gasteiger partial charge on any atom is 0.123 e. The minimum absolute atomic E-state index is 0.123. The topological polar surface area (TPSA) is 15.3 Å². The van der Waals surface area contributed by atoms with Crippen molar-refractivity contribution >= 4 is 0 Å². The lowest BCUT2D eigenvalue weighted by molar-refractivity contribution is 0.248. The van der Waals surface area contributed by atoms with Crippen LogP contribution in [-0.2, 0) is 6.42 Å². The van der Waals surface area contributed by atoms with Crippen molar-refractivity contribution in [3.05, 3.63) is 35.6 Å². The molecule has 1 aromatic rings. The summed E-state index contributed by atoms with van der Waals surface area (Å²) in [6, 6.07) is 7.66. The molecule has 0 saturated carbocycles. The number of likely N-dealkylation sites (tertiary alicyclic amines) is 1. The maximum absolute atomic E-state index is 13.0. The van der Waals surface area contributed by atoms with Gasteiger partial charge in [-0.3, -0.25) is 4.90 Å². The fourth-order valence-corrected chi connectivity index (χ4v) is 2.84. The van der Waals surface area contributed by atoms with Crippen LogP contribution in [0.3, 0.4) is 0 Å². The summed E-state index contributed by atoms with van der Waals surface area (Å²) in [5.74, 6) is -0.123. The van der Waals surface area contributed by atoms with Gasteiger partial charge in [-0.25, -0.2) is 4.39 Å². The van der Waals surface area contributed by atoms with E-state index in [1.165, 1.54) is 25.5 Å². The van der Waals surface area contributed by atoms with Gasteiger partial charge in [-0.15, -0.1) is 0 Å². The molecule has 1 atom stereocenters. The molecule has 1 aliphatic heterocycles. The van der Waals surface area contributed by atoms with E-state index in [2.05, 4.69) is 10.2 Å². The van der Waals surface area contributed by atoms with Gasteiger partial charge in [0.15, 0.2) is 0 Å². The highest BCUT2D eigenvalue weighted by Crippen LogP contribution is 2.17. The van der Waals surface area contributed by atoms with Crippen LogP contribution in [0.25, 0.3) is 0 Å². The zero-order chi connectivity index (χ0) is 12.8. The highest BCUT2D eigenvalue weighted by molar-refractivity contribution is 5.16. The van der Waals surface area contributed by atoms with Gasteiger partial charge in [-0.05, 0) is 63.5 Å². The molecule has 2 nitrogen and oxygen atoms in total. The van der Waals surface area contributed by atoms with E-state index in [4.69, 9.17) is 0 Å². The van der Waals surface area contributed by atoms with E-state index in [0.29, 0.717) is 6.04 Å². The molecule has 0 bridgehead atoms. The van der Waals surface area contributed by atoms with E-state index in [1.807, 2.05) is 13.1 Å². The lowest BCUT2D eigenvalue weighted by Crippen LogP contribution is -2.37. The van der Waals surface area contributed by atoms with E-state index < -0.39 is 0 Å². The van der Waals surface area contributed by atoms with Crippen LogP contribution >= 0.6 is 0 Å². The number of nitrogens with one attached hydrogen (secondary N) is 1. The van der Waals surface area contributed by atoms with Gasteiger partial charge in [-0.1, -0.05) is 12.1 Å². The van der Waals surface area contributed by atoms with Crippen LogP contribution in [0.1, 0.15) is 24.8 Å². The van der Waals surface area contributed by atoms with Crippen LogP contribution in [0, 0.1) is 5.82 Å². The van der Waals surface area contributed by atoms with Crippen molar-refractivity contribution in [3.8, 4) is 0 Å². The van der Waals surface area contributed by atoms with Crippen molar-refractivity contribution < 1.29 is 4.39 Å². The molecule has 0 spiro atoms. The Morgan fingerprint density at radius 3 is 3.11 bits per heavy atom. The molecule has 1 aromatic carbocycles. The average Bonchev–Trinajstić information content (AvgIpc) is 2.78. The Kier molecular flexibility index (Phi) is 5.14. The molecular weight excluding hydrogens is 227 g/mol. The van der Waals surface area contributed by atoms with Gasteiger partial charge in [0, 0.05) is 12.6 Å². The Morgan fingerprint density at radius 2 is 2.33 bits per heavy atom. The first-order valence-corrected chi connectivity index (χ1v) is 6.92. The van der Waals surface area contributed by atoms with E-state index in [1.54, 1.807) is 12.1 Å². The Labute approximate surface area is 109 Å². The number of likely N-dealkylation sites (N-methyl/N-ethyl adjacent to an activating group) is 1. The molecular formula is C15H23FN2. The minimum atomic E-state index is -0.123. The van der Waals surface area contributed by atoms with Crippen molar-refractivity contribution in [3.63, 3.8) is 0 Å². The van der Waals surface area contributed by atoms with E-state index in [-0.39, 0.29) is 5.82 Å². The fraction of sp³-hybridized carbons (Fsp3) is 0.600. The van der Waals surface area contributed by atoms with E-state index in [0.717, 1.165) is 31.5 Å². The molecule has 1 fully saturated rings. The lowest BCUT2D eigenvalue weighted by Gasteiger charge is -2.24. The first-order chi connectivity index (χ1) is 8.79. The van der Waals surface area contributed by atoms with Gasteiger partial charge in [0.2, 0.25) is 0 Å². The van der Waals surface area contributed by atoms with Crippen molar-refractivity contribution in [1.82, 2.24) is 10.2 Å². The van der Waals surface area contributed by atoms with Gasteiger partial charge in [0.25, 0.3) is 0 Å². The van der Waals surface area contributed by atoms with Crippen LogP contribution in [0.15, 0.2) is 24.3 Å². The van der Waals surface area contributed by atoms with Crippen LogP contribution in [0.4, 0.5) is 4.39 Å². The second-order valence-electron chi connectivity index (χ2n) is 5.12. The normalized spacial score (nSPS) is 20.4. The number of benzene rings is 1. The average molecular weight is 250 g/mol. The number of halogens is 1. The summed E-state index contributed by atoms with van der Waals surface area (Å²) in [4.78, 5) is 2.57. The Balaban J connectivity index is 1.74. The number of hydrogen-bond donors (Lipinski definition) is 1. The maximum atomic E-state index is 13.0. The summed E-state index contributed by atoms with van der Waals surface area (Å²) < 4.78 is 13.0. The van der Waals surface area contributed by atoms with Gasteiger partial charge in [0.05, 0.1) is 0 Å². The molecule has 0 amide bonds. The van der Waals surface area contributed by atoms with Gasteiger partial charge >= 0.3 is 0 Å². The van der Waals surface area contributed by atoms with E-state index in [9.17, 15) is 4.39 Å². The molecule has 100 valence electrons.